The number of amides is 1. The molecule has 0 fully saturated rings. The van der Waals surface area contributed by atoms with E-state index in [1.165, 1.54) is 0 Å². The minimum atomic E-state index is -0.297. The number of benzene rings is 1. The number of aromatic hydroxyl groups is 1. The molecule has 0 aliphatic rings. The molecule has 2 heterocycles. The molecule has 0 saturated heterocycles. The monoisotopic (exact) mass is 295 g/mol. The summed E-state index contributed by atoms with van der Waals surface area (Å²) in [6, 6.07) is 8.97. The number of imidazole rings is 1. The van der Waals surface area contributed by atoms with Crippen LogP contribution in [0.4, 0.5) is 5.69 Å². The SMILES string of the molecule is Cc1ccc(NC(=O)c2c(C)nc3c(C)cccn23)c(O)c1. The Morgan fingerprint density at radius 1 is 1.23 bits per heavy atom. The van der Waals surface area contributed by atoms with E-state index in [1.54, 1.807) is 23.5 Å². The normalized spacial score (nSPS) is 10.9. The number of phenols is 1. The fourth-order valence-corrected chi connectivity index (χ4v) is 2.52. The number of hydrogen-bond acceptors (Lipinski definition) is 3. The molecule has 3 rings (SSSR count). The van der Waals surface area contributed by atoms with Crippen molar-refractivity contribution in [3.63, 3.8) is 0 Å². The molecule has 0 saturated carbocycles. The topological polar surface area (TPSA) is 66.6 Å². The maximum atomic E-state index is 12.6. The maximum absolute atomic E-state index is 12.6. The van der Waals surface area contributed by atoms with Gasteiger partial charge >= 0.3 is 0 Å². The number of aryl methyl sites for hydroxylation is 3. The van der Waals surface area contributed by atoms with Crippen molar-refractivity contribution < 1.29 is 9.90 Å². The zero-order valence-corrected chi connectivity index (χ0v) is 12.7. The van der Waals surface area contributed by atoms with Crippen LogP contribution in [-0.2, 0) is 0 Å². The van der Waals surface area contributed by atoms with Crippen molar-refractivity contribution in [3.05, 3.63) is 59.0 Å². The highest BCUT2D eigenvalue weighted by molar-refractivity contribution is 6.05. The van der Waals surface area contributed by atoms with Crippen LogP contribution in [0.3, 0.4) is 0 Å². The zero-order valence-electron chi connectivity index (χ0n) is 12.7. The molecular weight excluding hydrogens is 278 g/mol. The van der Waals surface area contributed by atoms with Gasteiger partial charge in [0.15, 0.2) is 0 Å². The van der Waals surface area contributed by atoms with Crippen LogP contribution < -0.4 is 5.32 Å². The van der Waals surface area contributed by atoms with Crippen molar-refractivity contribution in [1.29, 1.82) is 0 Å². The molecule has 5 nitrogen and oxygen atoms in total. The average molecular weight is 295 g/mol. The Bertz CT molecular complexity index is 881. The summed E-state index contributed by atoms with van der Waals surface area (Å²) in [5.41, 5.74) is 4.20. The number of carbonyl (C=O) groups excluding carboxylic acids is 1. The number of rotatable bonds is 2. The number of aromatic nitrogens is 2. The number of fused-ring (bicyclic) bond motifs is 1. The summed E-state index contributed by atoms with van der Waals surface area (Å²) in [7, 11) is 0. The third-order valence-electron chi connectivity index (χ3n) is 3.64. The molecule has 0 aliphatic heterocycles. The lowest BCUT2D eigenvalue weighted by Gasteiger charge is -2.08. The summed E-state index contributed by atoms with van der Waals surface area (Å²) >= 11 is 0. The van der Waals surface area contributed by atoms with Crippen LogP contribution in [0.1, 0.15) is 27.3 Å². The van der Waals surface area contributed by atoms with E-state index in [0.717, 1.165) is 16.8 Å². The summed E-state index contributed by atoms with van der Waals surface area (Å²) in [4.78, 5) is 17.0. The summed E-state index contributed by atoms with van der Waals surface area (Å²) in [5.74, 6) is -0.245. The van der Waals surface area contributed by atoms with Gasteiger partial charge in [-0.1, -0.05) is 12.1 Å². The van der Waals surface area contributed by atoms with Crippen molar-refractivity contribution in [2.75, 3.05) is 5.32 Å². The summed E-state index contributed by atoms with van der Waals surface area (Å²) in [6.07, 6.45) is 1.81. The molecule has 22 heavy (non-hydrogen) atoms. The molecule has 2 aromatic heterocycles. The predicted molar refractivity (Wildman–Crippen MR) is 85.5 cm³/mol. The molecule has 0 radical (unpaired) electrons. The molecule has 0 atom stereocenters. The molecular formula is C17H17N3O2. The number of phenolic OH excluding ortho intramolecular Hbond substituents is 1. The number of nitrogens with one attached hydrogen (secondary N) is 1. The largest absolute Gasteiger partial charge is 0.506 e. The molecule has 112 valence electrons. The molecule has 2 N–H and O–H groups in total. The standard InChI is InChI=1S/C17H17N3O2/c1-10-6-7-13(14(21)9-10)19-17(22)15-12(3)18-16-11(2)5-4-8-20(15)16/h4-9,21H,1-3H3,(H,19,22). The lowest BCUT2D eigenvalue weighted by atomic mass is 10.2. The van der Waals surface area contributed by atoms with Gasteiger partial charge in [-0.2, -0.15) is 0 Å². The Kier molecular flexibility index (Phi) is 3.33. The fraction of sp³-hybridized carbons (Fsp3) is 0.176. The van der Waals surface area contributed by atoms with Crippen molar-refractivity contribution >= 4 is 17.2 Å². The number of anilines is 1. The van der Waals surface area contributed by atoms with E-state index in [1.807, 2.05) is 38.2 Å². The molecule has 0 aliphatic carbocycles. The van der Waals surface area contributed by atoms with Crippen LogP contribution >= 0.6 is 0 Å². The first-order valence-electron chi connectivity index (χ1n) is 7.02. The second-order valence-corrected chi connectivity index (χ2v) is 5.41. The van der Waals surface area contributed by atoms with Gasteiger partial charge in [0.25, 0.3) is 5.91 Å². The van der Waals surface area contributed by atoms with Gasteiger partial charge in [0.1, 0.15) is 17.1 Å². The second-order valence-electron chi connectivity index (χ2n) is 5.41. The third kappa shape index (κ3) is 2.30. The molecule has 0 unspecified atom stereocenters. The number of carbonyl (C=O) groups is 1. The number of nitrogens with zero attached hydrogens (tertiary/aromatic N) is 2. The second kappa shape index (κ2) is 5.18. The van der Waals surface area contributed by atoms with E-state index in [-0.39, 0.29) is 11.7 Å². The van der Waals surface area contributed by atoms with E-state index < -0.39 is 0 Å². The van der Waals surface area contributed by atoms with Crippen molar-refractivity contribution in [1.82, 2.24) is 9.38 Å². The molecule has 1 amide bonds. The first kappa shape index (κ1) is 14.1. The van der Waals surface area contributed by atoms with Crippen LogP contribution in [0.2, 0.25) is 0 Å². The Labute approximate surface area is 128 Å². The van der Waals surface area contributed by atoms with Gasteiger partial charge < -0.3 is 10.4 Å². The Morgan fingerprint density at radius 3 is 2.73 bits per heavy atom. The summed E-state index contributed by atoms with van der Waals surface area (Å²) < 4.78 is 1.77. The average Bonchev–Trinajstić information content (AvgIpc) is 2.80. The summed E-state index contributed by atoms with van der Waals surface area (Å²) in [6.45, 7) is 5.63. The highest BCUT2D eigenvalue weighted by Gasteiger charge is 2.18. The van der Waals surface area contributed by atoms with E-state index in [9.17, 15) is 9.90 Å². The van der Waals surface area contributed by atoms with Crippen molar-refractivity contribution in [2.45, 2.75) is 20.8 Å². The first-order valence-corrected chi connectivity index (χ1v) is 7.02. The molecule has 1 aromatic carbocycles. The number of hydrogen-bond donors (Lipinski definition) is 2. The van der Waals surface area contributed by atoms with Crippen LogP contribution in [0, 0.1) is 20.8 Å². The third-order valence-corrected chi connectivity index (χ3v) is 3.64. The highest BCUT2D eigenvalue weighted by Crippen LogP contribution is 2.25. The van der Waals surface area contributed by atoms with Gasteiger partial charge in [-0.3, -0.25) is 9.20 Å². The van der Waals surface area contributed by atoms with Gasteiger partial charge in [0.05, 0.1) is 11.4 Å². The highest BCUT2D eigenvalue weighted by atomic mass is 16.3. The lowest BCUT2D eigenvalue weighted by Crippen LogP contribution is -2.15. The van der Waals surface area contributed by atoms with Gasteiger partial charge in [0.2, 0.25) is 0 Å². The van der Waals surface area contributed by atoms with Gasteiger partial charge in [-0.05, 0) is 50.1 Å². The minimum Gasteiger partial charge on any atom is -0.506 e. The van der Waals surface area contributed by atoms with Crippen molar-refractivity contribution in [3.8, 4) is 5.75 Å². The number of pyridine rings is 1. The molecule has 0 bridgehead atoms. The molecule has 5 heteroatoms. The quantitative estimate of drug-likeness (QED) is 0.713. The Balaban J connectivity index is 2.02. The van der Waals surface area contributed by atoms with Crippen LogP contribution in [-0.4, -0.2) is 20.4 Å². The Morgan fingerprint density at radius 2 is 2.00 bits per heavy atom. The van der Waals surface area contributed by atoms with Gasteiger partial charge in [-0.25, -0.2) is 4.98 Å². The van der Waals surface area contributed by atoms with Crippen LogP contribution in [0.5, 0.6) is 5.75 Å². The smallest absolute Gasteiger partial charge is 0.274 e. The van der Waals surface area contributed by atoms with E-state index in [4.69, 9.17) is 0 Å². The van der Waals surface area contributed by atoms with Gasteiger partial charge in [0, 0.05) is 6.20 Å². The summed E-state index contributed by atoms with van der Waals surface area (Å²) in [5, 5.41) is 12.7. The lowest BCUT2D eigenvalue weighted by molar-refractivity contribution is 0.102. The van der Waals surface area contributed by atoms with Crippen LogP contribution in [0.25, 0.3) is 5.65 Å². The van der Waals surface area contributed by atoms with Gasteiger partial charge in [-0.15, -0.1) is 0 Å². The molecule has 0 spiro atoms. The van der Waals surface area contributed by atoms with E-state index in [2.05, 4.69) is 10.3 Å². The van der Waals surface area contributed by atoms with E-state index in [0.29, 0.717) is 17.1 Å². The Hall–Kier alpha value is -2.82. The maximum Gasteiger partial charge on any atom is 0.274 e. The first-order chi connectivity index (χ1) is 10.5. The fourth-order valence-electron chi connectivity index (χ4n) is 2.52. The van der Waals surface area contributed by atoms with Crippen LogP contribution in [0.15, 0.2) is 36.5 Å². The van der Waals surface area contributed by atoms with E-state index >= 15 is 0 Å². The minimum absolute atomic E-state index is 0.0519. The predicted octanol–water partition coefficient (Wildman–Crippen LogP) is 3.22. The zero-order chi connectivity index (χ0) is 15.9. The van der Waals surface area contributed by atoms with Crippen molar-refractivity contribution in [2.24, 2.45) is 0 Å². The molecule has 3 aromatic rings.